The molecule has 1 atom stereocenters. The van der Waals surface area contributed by atoms with Crippen molar-refractivity contribution in [2.24, 2.45) is 0 Å². The lowest BCUT2D eigenvalue weighted by molar-refractivity contribution is 0.362. The minimum absolute atomic E-state index is 0.262. The summed E-state index contributed by atoms with van der Waals surface area (Å²) in [4.78, 5) is 0. The second-order valence-corrected chi connectivity index (χ2v) is 3.54. The molecule has 0 heterocycles. The van der Waals surface area contributed by atoms with E-state index < -0.39 is 0 Å². The van der Waals surface area contributed by atoms with Crippen LogP contribution in [0.1, 0.15) is 24.1 Å². The number of rotatable bonds is 4. The first kappa shape index (κ1) is 11.6. The molecule has 0 saturated carbocycles. The van der Waals surface area contributed by atoms with Crippen LogP contribution in [0.5, 0.6) is 5.75 Å². The average molecular weight is 203 g/mol. The summed E-state index contributed by atoms with van der Waals surface area (Å²) in [5.41, 5.74) is 2.37. The zero-order chi connectivity index (χ0) is 11.3. The molecule has 0 fully saturated rings. The Morgan fingerprint density at radius 3 is 2.87 bits per heavy atom. The van der Waals surface area contributed by atoms with Gasteiger partial charge in [-0.05, 0) is 27.0 Å². The van der Waals surface area contributed by atoms with Gasteiger partial charge in [-0.1, -0.05) is 23.6 Å². The van der Waals surface area contributed by atoms with Gasteiger partial charge in [-0.25, -0.2) is 0 Å². The van der Waals surface area contributed by atoms with Crippen molar-refractivity contribution in [2.45, 2.75) is 19.9 Å². The summed E-state index contributed by atoms with van der Waals surface area (Å²) in [7, 11) is 1.93. The number of hydrogen-bond acceptors (Lipinski definition) is 2. The SMILES string of the molecule is C#CCOc1ccc(C)cc1C(C)NC. The third-order valence-electron chi connectivity index (χ3n) is 2.38. The highest BCUT2D eigenvalue weighted by Crippen LogP contribution is 2.25. The van der Waals surface area contributed by atoms with Gasteiger partial charge in [-0.15, -0.1) is 6.42 Å². The lowest BCUT2D eigenvalue weighted by atomic mass is 10.0. The van der Waals surface area contributed by atoms with Gasteiger partial charge in [0.2, 0.25) is 0 Å². The van der Waals surface area contributed by atoms with E-state index in [4.69, 9.17) is 11.2 Å². The Hall–Kier alpha value is -1.46. The minimum Gasteiger partial charge on any atom is -0.481 e. The molecule has 1 rings (SSSR count). The first-order valence-electron chi connectivity index (χ1n) is 5.03. The van der Waals surface area contributed by atoms with Crippen LogP contribution in [0.2, 0.25) is 0 Å². The van der Waals surface area contributed by atoms with Crippen molar-refractivity contribution in [2.75, 3.05) is 13.7 Å². The molecule has 0 aliphatic heterocycles. The maximum Gasteiger partial charge on any atom is 0.148 e. The first-order chi connectivity index (χ1) is 7.19. The van der Waals surface area contributed by atoms with Gasteiger partial charge in [0, 0.05) is 11.6 Å². The van der Waals surface area contributed by atoms with Crippen molar-refractivity contribution in [1.29, 1.82) is 0 Å². The minimum atomic E-state index is 0.262. The molecule has 1 unspecified atom stereocenters. The second kappa shape index (κ2) is 5.43. The summed E-state index contributed by atoms with van der Waals surface area (Å²) in [6.45, 7) is 4.47. The molecule has 0 radical (unpaired) electrons. The molecule has 1 aromatic rings. The average Bonchev–Trinajstić information content (AvgIpc) is 2.26. The highest BCUT2D eigenvalue weighted by atomic mass is 16.5. The molecule has 0 aliphatic carbocycles. The normalized spacial score (nSPS) is 11.9. The van der Waals surface area contributed by atoms with Crippen LogP contribution in [0.4, 0.5) is 0 Å². The van der Waals surface area contributed by atoms with E-state index in [9.17, 15) is 0 Å². The van der Waals surface area contributed by atoms with Crippen molar-refractivity contribution in [3.05, 3.63) is 29.3 Å². The Balaban J connectivity index is 2.98. The number of aryl methyl sites for hydroxylation is 1. The molecular weight excluding hydrogens is 186 g/mol. The molecule has 0 amide bonds. The zero-order valence-electron chi connectivity index (χ0n) is 9.50. The third kappa shape index (κ3) is 3.00. The molecule has 0 bridgehead atoms. The summed E-state index contributed by atoms with van der Waals surface area (Å²) < 4.78 is 5.49. The van der Waals surface area contributed by atoms with E-state index in [0.717, 1.165) is 11.3 Å². The van der Waals surface area contributed by atoms with E-state index in [0.29, 0.717) is 6.61 Å². The fraction of sp³-hybridized carbons (Fsp3) is 0.385. The number of nitrogens with one attached hydrogen (secondary N) is 1. The molecule has 1 aromatic carbocycles. The van der Waals surface area contributed by atoms with Gasteiger partial charge in [0.25, 0.3) is 0 Å². The van der Waals surface area contributed by atoms with Crippen LogP contribution in [0.3, 0.4) is 0 Å². The molecule has 80 valence electrons. The molecule has 0 saturated heterocycles. The Bertz CT molecular complexity index is 365. The van der Waals surface area contributed by atoms with E-state index in [-0.39, 0.29) is 6.04 Å². The Kier molecular flexibility index (Phi) is 4.20. The fourth-order valence-electron chi connectivity index (χ4n) is 1.41. The van der Waals surface area contributed by atoms with Crippen molar-refractivity contribution in [3.8, 4) is 18.1 Å². The molecule has 15 heavy (non-hydrogen) atoms. The maximum atomic E-state index is 5.49. The molecular formula is C13H17NO. The van der Waals surface area contributed by atoms with Crippen LogP contribution >= 0.6 is 0 Å². The summed E-state index contributed by atoms with van der Waals surface area (Å²) in [5.74, 6) is 3.33. The largest absolute Gasteiger partial charge is 0.481 e. The predicted octanol–water partition coefficient (Wildman–Crippen LogP) is 2.29. The molecule has 1 N–H and O–H groups in total. The fourth-order valence-corrected chi connectivity index (χ4v) is 1.41. The van der Waals surface area contributed by atoms with Crippen LogP contribution in [0, 0.1) is 19.3 Å². The number of terminal acetylenes is 1. The van der Waals surface area contributed by atoms with Crippen molar-refractivity contribution in [3.63, 3.8) is 0 Å². The topological polar surface area (TPSA) is 21.3 Å². The van der Waals surface area contributed by atoms with Crippen LogP contribution in [0.25, 0.3) is 0 Å². The summed E-state index contributed by atoms with van der Waals surface area (Å²) in [6, 6.07) is 6.37. The summed E-state index contributed by atoms with van der Waals surface area (Å²) >= 11 is 0. The van der Waals surface area contributed by atoms with Crippen LogP contribution in [-0.2, 0) is 0 Å². The lowest BCUT2D eigenvalue weighted by Crippen LogP contribution is -2.14. The maximum absolute atomic E-state index is 5.49. The Morgan fingerprint density at radius 1 is 1.53 bits per heavy atom. The number of hydrogen-bond donors (Lipinski definition) is 1. The lowest BCUT2D eigenvalue weighted by Gasteiger charge is -2.16. The second-order valence-electron chi connectivity index (χ2n) is 3.54. The third-order valence-corrected chi connectivity index (χ3v) is 2.38. The van der Waals surface area contributed by atoms with Crippen molar-refractivity contribution >= 4 is 0 Å². The molecule has 2 nitrogen and oxygen atoms in total. The number of benzene rings is 1. The van der Waals surface area contributed by atoms with E-state index in [1.807, 2.05) is 19.2 Å². The summed E-state index contributed by atoms with van der Waals surface area (Å²) in [5, 5.41) is 3.19. The van der Waals surface area contributed by atoms with Gasteiger partial charge in [0.1, 0.15) is 12.4 Å². The van der Waals surface area contributed by atoms with Crippen molar-refractivity contribution < 1.29 is 4.74 Å². The predicted molar refractivity (Wildman–Crippen MR) is 63.0 cm³/mol. The van der Waals surface area contributed by atoms with Gasteiger partial charge in [-0.2, -0.15) is 0 Å². The Labute approximate surface area is 91.6 Å². The van der Waals surface area contributed by atoms with E-state index >= 15 is 0 Å². The highest BCUT2D eigenvalue weighted by molar-refractivity contribution is 5.39. The highest BCUT2D eigenvalue weighted by Gasteiger charge is 2.09. The van der Waals surface area contributed by atoms with Crippen molar-refractivity contribution in [1.82, 2.24) is 5.32 Å². The van der Waals surface area contributed by atoms with E-state index in [2.05, 4.69) is 31.2 Å². The van der Waals surface area contributed by atoms with Crippen LogP contribution in [-0.4, -0.2) is 13.7 Å². The molecule has 0 aromatic heterocycles. The van der Waals surface area contributed by atoms with Crippen LogP contribution in [0.15, 0.2) is 18.2 Å². The molecule has 0 aliphatic rings. The smallest absolute Gasteiger partial charge is 0.148 e. The summed E-state index contributed by atoms with van der Waals surface area (Å²) in [6.07, 6.45) is 5.17. The zero-order valence-corrected chi connectivity index (χ0v) is 9.50. The van der Waals surface area contributed by atoms with E-state index in [1.165, 1.54) is 5.56 Å². The van der Waals surface area contributed by atoms with Gasteiger partial charge < -0.3 is 10.1 Å². The number of ether oxygens (including phenoxy) is 1. The van der Waals surface area contributed by atoms with Crippen LogP contribution < -0.4 is 10.1 Å². The Morgan fingerprint density at radius 2 is 2.27 bits per heavy atom. The first-order valence-corrected chi connectivity index (χ1v) is 5.03. The van der Waals surface area contributed by atoms with Gasteiger partial charge in [0.15, 0.2) is 0 Å². The van der Waals surface area contributed by atoms with E-state index in [1.54, 1.807) is 0 Å². The quantitative estimate of drug-likeness (QED) is 0.758. The molecule has 2 heteroatoms. The monoisotopic (exact) mass is 203 g/mol. The van der Waals surface area contributed by atoms with Gasteiger partial charge in [-0.3, -0.25) is 0 Å². The van der Waals surface area contributed by atoms with Gasteiger partial charge >= 0.3 is 0 Å². The standard InChI is InChI=1S/C13H17NO/c1-5-8-15-13-7-6-10(2)9-12(13)11(3)14-4/h1,6-7,9,11,14H,8H2,2-4H3. The molecule has 0 spiro atoms. The van der Waals surface area contributed by atoms with Gasteiger partial charge in [0.05, 0.1) is 0 Å².